The Kier molecular flexibility index (Phi) is 8.85. The number of likely N-dealkylation sites (N-methyl/N-ethyl adjacent to an activating group) is 1. The number of anilines is 1. The molecule has 0 saturated heterocycles. The van der Waals surface area contributed by atoms with E-state index in [0.29, 0.717) is 39.4 Å². The zero-order valence-electron chi connectivity index (χ0n) is 20.4. The lowest BCUT2D eigenvalue weighted by Crippen LogP contribution is -2.24. The SMILES string of the molecule is CN(C)CCn1cnnc1-c1cc(Oc2ccc(NC(=O)N/N=C/c3c(Cl)cccc3Cl)cc2F)ccn1. The highest BCUT2D eigenvalue weighted by atomic mass is 35.5. The van der Waals surface area contributed by atoms with Gasteiger partial charge in [0.25, 0.3) is 0 Å². The summed E-state index contributed by atoms with van der Waals surface area (Å²) in [4.78, 5) is 18.5. The Balaban J connectivity index is 1.39. The molecule has 2 heterocycles. The molecule has 13 heteroatoms. The molecule has 0 saturated carbocycles. The van der Waals surface area contributed by atoms with E-state index in [9.17, 15) is 9.18 Å². The number of carbonyl (C=O) groups excluding carboxylic acids is 1. The van der Waals surface area contributed by atoms with Crippen LogP contribution >= 0.6 is 23.2 Å². The first-order valence-corrected chi connectivity index (χ1v) is 12.1. The second kappa shape index (κ2) is 12.5. The van der Waals surface area contributed by atoms with Crippen molar-refractivity contribution in [3.8, 4) is 23.0 Å². The van der Waals surface area contributed by atoms with Crippen molar-refractivity contribution in [2.75, 3.05) is 26.0 Å². The molecule has 0 aliphatic heterocycles. The zero-order valence-corrected chi connectivity index (χ0v) is 21.9. The Morgan fingerprint density at radius 1 is 1.18 bits per heavy atom. The number of halogens is 3. The summed E-state index contributed by atoms with van der Waals surface area (Å²) in [6.07, 6.45) is 4.49. The molecule has 0 radical (unpaired) electrons. The molecule has 196 valence electrons. The van der Waals surface area contributed by atoms with E-state index < -0.39 is 11.8 Å². The molecule has 0 aliphatic rings. The van der Waals surface area contributed by atoms with Crippen molar-refractivity contribution in [3.63, 3.8) is 0 Å². The number of urea groups is 1. The van der Waals surface area contributed by atoms with Crippen LogP contribution in [0.5, 0.6) is 11.5 Å². The van der Waals surface area contributed by atoms with E-state index in [1.165, 1.54) is 18.3 Å². The fourth-order valence-corrected chi connectivity index (χ4v) is 3.75. The Labute approximate surface area is 228 Å². The maximum Gasteiger partial charge on any atom is 0.339 e. The summed E-state index contributed by atoms with van der Waals surface area (Å²) in [5.74, 6) is 0.222. The second-order valence-electron chi connectivity index (χ2n) is 8.23. The quantitative estimate of drug-likeness (QED) is 0.214. The first-order valence-electron chi connectivity index (χ1n) is 11.3. The number of rotatable bonds is 9. The number of aromatic nitrogens is 4. The molecule has 2 aromatic carbocycles. The van der Waals surface area contributed by atoms with Gasteiger partial charge < -0.3 is 19.5 Å². The van der Waals surface area contributed by atoms with E-state index in [2.05, 4.69) is 31.0 Å². The number of nitrogens with one attached hydrogen (secondary N) is 2. The number of amides is 2. The van der Waals surface area contributed by atoms with Crippen LogP contribution in [0.3, 0.4) is 0 Å². The number of pyridine rings is 1. The van der Waals surface area contributed by atoms with Gasteiger partial charge in [0, 0.05) is 42.7 Å². The van der Waals surface area contributed by atoms with Crippen molar-refractivity contribution in [2.24, 2.45) is 5.10 Å². The van der Waals surface area contributed by atoms with Gasteiger partial charge >= 0.3 is 6.03 Å². The standard InChI is InChI=1S/C25H23Cl2FN8O2/c1-35(2)10-11-36-15-31-33-24(36)22-13-17(8-9-29-22)38-23-7-6-16(12-21(23)28)32-25(37)34-30-14-18-19(26)4-3-5-20(18)27/h3-9,12-15H,10-11H2,1-2H3,(H2,32,34,37)/b30-14+. The van der Waals surface area contributed by atoms with Gasteiger partial charge in [-0.25, -0.2) is 14.6 Å². The van der Waals surface area contributed by atoms with Crippen LogP contribution in [0.25, 0.3) is 11.5 Å². The third kappa shape index (κ3) is 7.03. The minimum Gasteiger partial charge on any atom is -0.454 e. The molecular formula is C25H23Cl2FN8O2. The molecule has 38 heavy (non-hydrogen) atoms. The molecule has 2 aromatic heterocycles. The van der Waals surface area contributed by atoms with Crippen molar-refractivity contribution < 1.29 is 13.9 Å². The maximum absolute atomic E-state index is 14.8. The number of nitrogens with zero attached hydrogens (tertiary/aromatic N) is 6. The Bertz CT molecular complexity index is 1440. The van der Waals surface area contributed by atoms with Crippen molar-refractivity contribution in [1.82, 2.24) is 30.1 Å². The van der Waals surface area contributed by atoms with Crippen LogP contribution in [0.15, 0.2) is 66.2 Å². The van der Waals surface area contributed by atoms with E-state index in [4.69, 9.17) is 27.9 Å². The van der Waals surface area contributed by atoms with Crippen LogP contribution in [0.1, 0.15) is 5.56 Å². The normalized spacial score (nSPS) is 11.2. The van der Waals surface area contributed by atoms with E-state index in [0.717, 1.165) is 12.6 Å². The Hall–Kier alpha value is -4.06. The van der Waals surface area contributed by atoms with Gasteiger partial charge in [0.2, 0.25) is 0 Å². The highest BCUT2D eigenvalue weighted by molar-refractivity contribution is 6.38. The van der Waals surface area contributed by atoms with Crippen molar-refractivity contribution in [2.45, 2.75) is 6.54 Å². The third-order valence-electron chi connectivity index (χ3n) is 5.14. The minimum absolute atomic E-state index is 0.0337. The van der Waals surface area contributed by atoms with Crippen LogP contribution in [-0.4, -0.2) is 57.5 Å². The summed E-state index contributed by atoms with van der Waals surface area (Å²) in [6, 6.07) is 11.6. The van der Waals surface area contributed by atoms with Crippen molar-refractivity contribution in [3.05, 3.63) is 82.5 Å². The molecule has 4 aromatic rings. The maximum atomic E-state index is 14.8. The van der Waals surface area contributed by atoms with Gasteiger partial charge in [-0.3, -0.25) is 4.98 Å². The first-order chi connectivity index (χ1) is 18.3. The first kappa shape index (κ1) is 27.0. The summed E-state index contributed by atoms with van der Waals surface area (Å²) in [5, 5.41) is 15.2. The van der Waals surface area contributed by atoms with Gasteiger partial charge in [-0.1, -0.05) is 29.3 Å². The van der Waals surface area contributed by atoms with Crippen molar-refractivity contribution >= 4 is 41.1 Å². The predicted octanol–water partition coefficient (Wildman–Crippen LogP) is 5.30. The van der Waals surface area contributed by atoms with Gasteiger partial charge in [-0.2, -0.15) is 5.10 Å². The van der Waals surface area contributed by atoms with Crippen LogP contribution in [0.2, 0.25) is 10.0 Å². The highest BCUT2D eigenvalue weighted by Crippen LogP contribution is 2.28. The van der Waals surface area contributed by atoms with Crippen LogP contribution in [-0.2, 0) is 6.54 Å². The minimum atomic E-state index is -0.686. The number of ether oxygens (including phenoxy) is 1. The summed E-state index contributed by atoms with van der Waals surface area (Å²) >= 11 is 12.1. The number of hydrazone groups is 1. The molecule has 0 unspecified atom stereocenters. The Morgan fingerprint density at radius 2 is 1.97 bits per heavy atom. The topological polar surface area (TPSA) is 110 Å². The number of hydrogen-bond acceptors (Lipinski definition) is 7. The smallest absolute Gasteiger partial charge is 0.339 e. The summed E-state index contributed by atoms with van der Waals surface area (Å²) in [7, 11) is 3.95. The predicted molar refractivity (Wildman–Crippen MR) is 144 cm³/mol. The molecule has 4 rings (SSSR count). The second-order valence-corrected chi connectivity index (χ2v) is 9.05. The lowest BCUT2D eigenvalue weighted by molar-refractivity contribution is 0.252. The molecule has 2 N–H and O–H groups in total. The van der Waals surface area contributed by atoms with Gasteiger partial charge in [0.05, 0.1) is 16.3 Å². The summed E-state index contributed by atoms with van der Waals surface area (Å²) in [6.45, 7) is 1.48. The molecule has 0 bridgehead atoms. The van der Waals surface area contributed by atoms with Crippen molar-refractivity contribution in [1.29, 1.82) is 0 Å². The fraction of sp³-hybridized carbons (Fsp3) is 0.160. The zero-order chi connectivity index (χ0) is 27.1. The Morgan fingerprint density at radius 3 is 2.71 bits per heavy atom. The van der Waals surface area contributed by atoms with Gasteiger partial charge in [-0.15, -0.1) is 10.2 Å². The number of carbonyl (C=O) groups is 1. The van der Waals surface area contributed by atoms with Crippen LogP contribution in [0.4, 0.5) is 14.9 Å². The molecule has 0 fully saturated rings. The highest BCUT2D eigenvalue weighted by Gasteiger charge is 2.13. The number of hydrogen-bond donors (Lipinski definition) is 2. The van der Waals surface area contributed by atoms with Crippen LogP contribution < -0.4 is 15.5 Å². The molecule has 0 atom stereocenters. The summed E-state index contributed by atoms with van der Waals surface area (Å²) < 4.78 is 22.4. The molecule has 2 amide bonds. The average Bonchev–Trinajstić information content (AvgIpc) is 3.35. The molecular weight excluding hydrogens is 534 g/mol. The summed E-state index contributed by atoms with van der Waals surface area (Å²) in [5.41, 5.74) is 3.46. The van der Waals surface area contributed by atoms with Gasteiger partial charge in [0.15, 0.2) is 17.4 Å². The largest absolute Gasteiger partial charge is 0.454 e. The monoisotopic (exact) mass is 556 g/mol. The van der Waals surface area contributed by atoms with Gasteiger partial charge in [-0.05, 0) is 44.4 Å². The van der Waals surface area contributed by atoms with E-state index in [1.54, 1.807) is 42.9 Å². The van der Waals surface area contributed by atoms with Crippen LogP contribution in [0, 0.1) is 5.82 Å². The lowest BCUT2D eigenvalue weighted by atomic mass is 10.2. The molecule has 0 spiro atoms. The fourth-order valence-electron chi connectivity index (χ4n) is 3.26. The van der Waals surface area contributed by atoms with Gasteiger partial charge in [0.1, 0.15) is 17.8 Å². The number of benzene rings is 2. The third-order valence-corrected chi connectivity index (χ3v) is 5.80. The molecule has 10 nitrogen and oxygen atoms in total. The lowest BCUT2D eigenvalue weighted by Gasteiger charge is -2.12. The van der Waals surface area contributed by atoms with E-state index in [-0.39, 0.29) is 11.4 Å². The van der Waals surface area contributed by atoms with E-state index in [1.807, 2.05) is 23.6 Å². The van der Waals surface area contributed by atoms with E-state index >= 15 is 0 Å². The average molecular weight is 557 g/mol. The molecule has 0 aliphatic carbocycles.